The van der Waals surface area contributed by atoms with Crippen LogP contribution in [-0.2, 0) is 19.4 Å². The molecular weight excluding hydrogens is 286 g/mol. The summed E-state index contributed by atoms with van der Waals surface area (Å²) >= 11 is 1.58. The molecule has 0 aliphatic heterocycles. The highest BCUT2D eigenvalue weighted by molar-refractivity contribution is 7.11. The second-order valence-corrected chi connectivity index (χ2v) is 5.92. The van der Waals surface area contributed by atoms with E-state index >= 15 is 0 Å². The number of aliphatic hydroxyl groups excluding tert-OH is 1. The minimum Gasteiger partial charge on any atom is -0.493 e. The lowest BCUT2D eigenvalue weighted by molar-refractivity contribution is 0.284. The number of hydrogen-bond acceptors (Lipinski definition) is 5. The van der Waals surface area contributed by atoms with E-state index in [0.717, 1.165) is 51.9 Å². The van der Waals surface area contributed by atoms with Crippen LogP contribution in [0.3, 0.4) is 0 Å². The monoisotopic (exact) mass is 307 g/mol. The SMILES string of the molecule is CCCc1nc(Cc2ccc(OC)c(OC)c2)sc1CO. The summed E-state index contributed by atoms with van der Waals surface area (Å²) in [5.74, 6) is 1.45. The van der Waals surface area contributed by atoms with E-state index < -0.39 is 0 Å². The smallest absolute Gasteiger partial charge is 0.160 e. The van der Waals surface area contributed by atoms with E-state index in [2.05, 4.69) is 11.9 Å². The zero-order valence-corrected chi connectivity index (χ0v) is 13.5. The van der Waals surface area contributed by atoms with Crippen molar-refractivity contribution in [2.75, 3.05) is 14.2 Å². The molecule has 0 radical (unpaired) electrons. The molecule has 21 heavy (non-hydrogen) atoms. The summed E-state index contributed by atoms with van der Waals surface area (Å²) in [6.45, 7) is 2.19. The highest BCUT2D eigenvalue weighted by atomic mass is 32.1. The third-order valence-electron chi connectivity index (χ3n) is 3.26. The molecular formula is C16H21NO3S. The molecule has 0 fully saturated rings. The van der Waals surface area contributed by atoms with Gasteiger partial charge in [0.05, 0.1) is 36.4 Å². The fourth-order valence-corrected chi connectivity index (χ4v) is 3.24. The van der Waals surface area contributed by atoms with Crippen molar-refractivity contribution in [3.63, 3.8) is 0 Å². The van der Waals surface area contributed by atoms with Gasteiger partial charge in [-0.25, -0.2) is 4.98 Å². The molecule has 0 atom stereocenters. The first-order valence-electron chi connectivity index (χ1n) is 7.01. The summed E-state index contributed by atoms with van der Waals surface area (Å²) in [6, 6.07) is 5.89. The number of nitrogens with zero attached hydrogens (tertiary/aromatic N) is 1. The van der Waals surface area contributed by atoms with E-state index in [1.807, 2.05) is 18.2 Å². The van der Waals surface area contributed by atoms with Gasteiger partial charge >= 0.3 is 0 Å². The van der Waals surface area contributed by atoms with Crippen LogP contribution in [0.1, 0.15) is 34.5 Å². The average molecular weight is 307 g/mol. The molecule has 0 spiro atoms. The van der Waals surface area contributed by atoms with Crippen molar-refractivity contribution >= 4 is 11.3 Å². The van der Waals surface area contributed by atoms with Gasteiger partial charge in [0.2, 0.25) is 0 Å². The number of hydrogen-bond donors (Lipinski definition) is 1. The highest BCUT2D eigenvalue weighted by Gasteiger charge is 2.11. The van der Waals surface area contributed by atoms with Crippen LogP contribution in [-0.4, -0.2) is 24.3 Å². The fraction of sp³-hybridized carbons (Fsp3) is 0.438. The van der Waals surface area contributed by atoms with Crippen LogP contribution < -0.4 is 9.47 Å². The van der Waals surface area contributed by atoms with Crippen molar-refractivity contribution in [2.24, 2.45) is 0 Å². The van der Waals surface area contributed by atoms with Crippen LogP contribution in [0.2, 0.25) is 0 Å². The van der Waals surface area contributed by atoms with E-state index in [1.165, 1.54) is 0 Å². The summed E-state index contributed by atoms with van der Waals surface area (Å²) in [5.41, 5.74) is 2.15. The second-order valence-electron chi connectivity index (χ2n) is 4.75. The first kappa shape index (κ1) is 15.8. The van der Waals surface area contributed by atoms with Crippen LogP contribution in [0.15, 0.2) is 18.2 Å². The molecule has 5 heteroatoms. The topological polar surface area (TPSA) is 51.6 Å². The summed E-state index contributed by atoms with van der Waals surface area (Å²) in [4.78, 5) is 5.63. The number of rotatable bonds is 7. The molecule has 2 rings (SSSR count). The molecule has 0 aliphatic carbocycles. The Hall–Kier alpha value is -1.59. The third-order valence-corrected chi connectivity index (χ3v) is 4.34. The second kappa shape index (κ2) is 7.43. The zero-order valence-electron chi connectivity index (χ0n) is 12.7. The van der Waals surface area contributed by atoms with Crippen molar-refractivity contribution in [2.45, 2.75) is 32.8 Å². The Kier molecular flexibility index (Phi) is 5.59. The predicted molar refractivity (Wildman–Crippen MR) is 84.4 cm³/mol. The van der Waals surface area contributed by atoms with Crippen molar-refractivity contribution < 1.29 is 14.6 Å². The molecule has 2 aromatic rings. The van der Waals surface area contributed by atoms with E-state index in [9.17, 15) is 5.11 Å². The molecule has 0 bridgehead atoms. The van der Waals surface area contributed by atoms with E-state index in [0.29, 0.717) is 0 Å². The Morgan fingerprint density at radius 1 is 1.19 bits per heavy atom. The number of aliphatic hydroxyl groups is 1. The number of aryl methyl sites for hydroxylation is 1. The molecule has 0 saturated carbocycles. The molecule has 1 N–H and O–H groups in total. The maximum absolute atomic E-state index is 9.41. The highest BCUT2D eigenvalue weighted by Crippen LogP contribution is 2.29. The van der Waals surface area contributed by atoms with Gasteiger partial charge in [0.25, 0.3) is 0 Å². The number of aromatic nitrogens is 1. The minimum atomic E-state index is 0.0684. The van der Waals surface area contributed by atoms with Crippen molar-refractivity contribution in [1.82, 2.24) is 4.98 Å². The average Bonchev–Trinajstić information content (AvgIpc) is 2.89. The standard InChI is InChI=1S/C16H21NO3S/c1-4-5-12-15(10-18)21-16(17-12)9-11-6-7-13(19-2)14(8-11)20-3/h6-8,18H,4-5,9-10H2,1-3H3. The molecule has 1 heterocycles. The number of benzene rings is 1. The zero-order chi connectivity index (χ0) is 15.2. The van der Waals surface area contributed by atoms with Crippen LogP contribution in [0, 0.1) is 0 Å². The van der Waals surface area contributed by atoms with Gasteiger partial charge in [-0.2, -0.15) is 0 Å². The maximum Gasteiger partial charge on any atom is 0.160 e. The normalized spacial score (nSPS) is 10.7. The van der Waals surface area contributed by atoms with Gasteiger partial charge in [0.15, 0.2) is 11.5 Å². The lowest BCUT2D eigenvalue weighted by Crippen LogP contribution is -1.94. The van der Waals surface area contributed by atoms with E-state index in [-0.39, 0.29) is 6.61 Å². The Morgan fingerprint density at radius 3 is 2.57 bits per heavy atom. The lowest BCUT2D eigenvalue weighted by Gasteiger charge is -2.08. The molecule has 0 saturated heterocycles. The van der Waals surface area contributed by atoms with E-state index in [1.54, 1.807) is 25.6 Å². The van der Waals surface area contributed by atoms with Gasteiger partial charge < -0.3 is 14.6 Å². The quantitative estimate of drug-likeness (QED) is 0.853. The molecule has 1 aromatic carbocycles. The molecule has 114 valence electrons. The summed E-state index contributed by atoms with van der Waals surface area (Å²) in [5, 5.41) is 10.4. The number of thiazole rings is 1. The molecule has 4 nitrogen and oxygen atoms in total. The number of ether oxygens (including phenoxy) is 2. The molecule has 0 amide bonds. The summed E-state index contributed by atoms with van der Waals surface area (Å²) in [6.07, 6.45) is 2.69. The maximum atomic E-state index is 9.41. The fourth-order valence-electron chi connectivity index (χ4n) is 2.23. The van der Waals surface area contributed by atoms with Crippen molar-refractivity contribution in [3.8, 4) is 11.5 Å². The number of methoxy groups -OCH3 is 2. The predicted octanol–water partition coefficient (Wildman–Crippen LogP) is 3.20. The van der Waals surface area contributed by atoms with E-state index in [4.69, 9.17) is 9.47 Å². The molecule has 0 aliphatic rings. The van der Waals surface area contributed by atoms with Crippen LogP contribution >= 0.6 is 11.3 Å². The van der Waals surface area contributed by atoms with Gasteiger partial charge in [-0.15, -0.1) is 11.3 Å². The Balaban J connectivity index is 2.21. The van der Waals surface area contributed by atoms with Gasteiger partial charge in [-0.3, -0.25) is 0 Å². The molecule has 0 unspecified atom stereocenters. The molecule has 1 aromatic heterocycles. The van der Waals surface area contributed by atoms with Crippen LogP contribution in [0.5, 0.6) is 11.5 Å². The Bertz CT molecular complexity index is 595. The van der Waals surface area contributed by atoms with Gasteiger partial charge in [-0.05, 0) is 24.1 Å². The van der Waals surface area contributed by atoms with Gasteiger partial charge in [0, 0.05) is 6.42 Å². The lowest BCUT2D eigenvalue weighted by atomic mass is 10.1. The van der Waals surface area contributed by atoms with Gasteiger partial charge in [-0.1, -0.05) is 19.4 Å². The van der Waals surface area contributed by atoms with Crippen molar-refractivity contribution in [3.05, 3.63) is 39.3 Å². The third kappa shape index (κ3) is 3.74. The summed E-state index contributed by atoms with van der Waals surface area (Å²) in [7, 11) is 3.26. The summed E-state index contributed by atoms with van der Waals surface area (Å²) < 4.78 is 10.6. The van der Waals surface area contributed by atoms with Gasteiger partial charge in [0.1, 0.15) is 0 Å². The largest absolute Gasteiger partial charge is 0.493 e. The first-order valence-corrected chi connectivity index (χ1v) is 7.82. The Morgan fingerprint density at radius 2 is 1.95 bits per heavy atom. The Labute approximate surface area is 129 Å². The van der Waals surface area contributed by atoms with Crippen LogP contribution in [0.25, 0.3) is 0 Å². The van der Waals surface area contributed by atoms with Crippen molar-refractivity contribution in [1.29, 1.82) is 0 Å². The first-order chi connectivity index (χ1) is 10.2. The minimum absolute atomic E-state index is 0.0684. The van der Waals surface area contributed by atoms with Crippen LogP contribution in [0.4, 0.5) is 0 Å².